The molecule has 0 unspecified atom stereocenters. The maximum Gasteiger partial charge on any atom is 0.240 e. The van der Waals surface area contributed by atoms with Crippen molar-refractivity contribution in [1.82, 2.24) is 20.6 Å². The van der Waals surface area contributed by atoms with Gasteiger partial charge in [0.05, 0.1) is 11.6 Å². The number of hydrogen-bond acceptors (Lipinski definition) is 6. The number of ether oxygens (including phenoxy) is 1. The van der Waals surface area contributed by atoms with Crippen molar-refractivity contribution in [3.8, 4) is 17.1 Å². The van der Waals surface area contributed by atoms with Gasteiger partial charge in [-0.05, 0) is 63.1 Å². The number of carbonyl (C=O) groups excluding carboxylic acids is 1. The van der Waals surface area contributed by atoms with Crippen LogP contribution in [0.2, 0.25) is 0 Å². The van der Waals surface area contributed by atoms with Crippen molar-refractivity contribution in [3.05, 3.63) is 52.5 Å². The number of methoxy groups -OCH3 is 1. The van der Waals surface area contributed by atoms with Gasteiger partial charge < -0.3 is 15.8 Å². The Labute approximate surface area is 170 Å². The Balaban J connectivity index is 0.00000261. The first kappa shape index (κ1) is 20.7. The van der Waals surface area contributed by atoms with Crippen molar-refractivity contribution in [2.24, 2.45) is 5.73 Å². The normalized spacial score (nSPS) is 11.3. The van der Waals surface area contributed by atoms with Crippen LogP contribution in [0.25, 0.3) is 11.4 Å². The summed E-state index contributed by atoms with van der Waals surface area (Å²) in [6.07, 6.45) is 0.449. The van der Waals surface area contributed by atoms with Crippen LogP contribution in [-0.4, -0.2) is 39.7 Å². The van der Waals surface area contributed by atoms with Gasteiger partial charge in [0.2, 0.25) is 11.7 Å². The Morgan fingerprint density at radius 1 is 1.30 bits per heavy atom. The summed E-state index contributed by atoms with van der Waals surface area (Å²) in [7, 11) is 1.60. The first-order chi connectivity index (χ1) is 12.6. The average Bonchev–Trinajstić information content (AvgIpc) is 3.16. The molecule has 1 aromatic heterocycles. The molecule has 8 nitrogen and oxygen atoms in total. The van der Waals surface area contributed by atoms with Crippen LogP contribution in [-0.2, 0) is 11.2 Å². The molecule has 0 bridgehead atoms. The maximum absolute atomic E-state index is 11.9. The van der Waals surface area contributed by atoms with Crippen LogP contribution in [0.1, 0.15) is 5.56 Å². The van der Waals surface area contributed by atoms with Crippen molar-refractivity contribution < 1.29 is 9.53 Å². The fourth-order valence-corrected chi connectivity index (χ4v) is 3.08. The summed E-state index contributed by atoms with van der Waals surface area (Å²) in [4.78, 5) is 11.9. The second-order valence-corrected chi connectivity index (χ2v) is 6.44. The molecular weight excluding hydrogens is 436 g/mol. The summed E-state index contributed by atoms with van der Waals surface area (Å²) in [6, 6.07) is 12.5. The minimum Gasteiger partial charge on any atom is -0.496 e. The van der Waals surface area contributed by atoms with Crippen LogP contribution in [0.3, 0.4) is 0 Å². The molecule has 0 aliphatic heterocycles. The number of halogens is 2. The number of nitrogens with one attached hydrogen (secondary N) is 2. The van der Waals surface area contributed by atoms with E-state index in [4.69, 9.17) is 10.5 Å². The second kappa shape index (κ2) is 9.33. The standard InChI is InChI=1S/C17H17BrN6O2.ClH/c1-26-15-7-2-10(8-13(15)18)9-14(16(19)25)20-12-5-3-11(4-6-12)17-21-23-24-22-17;/h2-8,14,20H,9H2,1H3,(H2,19,25)(H,21,22,23,24);1H/t14-;/m0./s1. The van der Waals surface area contributed by atoms with E-state index in [1.54, 1.807) is 7.11 Å². The lowest BCUT2D eigenvalue weighted by atomic mass is 10.0. The number of primary amides is 1. The SMILES string of the molecule is COc1ccc(C[C@H](Nc2ccc(-c3nn[nH]n3)cc2)C(N)=O)cc1Br.Cl. The number of aromatic nitrogens is 4. The van der Waals surface area contributed by atoms with Gasteiger partial charge in [-0.15, -0.1) is 22.6 Å². The van der Waals surface area contributed by atoms with Crippen LogP contribution >= 0.6 is 28.3 Å². The molecule has 0 fully saturated rings. The smallest absolute Gasteiger partial charge is 0.240 e. The van der Waals surface area contributed by atoms with Gasteiger partial charge in [-0.3, -0.25) is 4.79 Å². The minimum absolute atomic E-state index is 0. The first-order valence-corrected chi connectivity index (χ1v) is 8.58. The van der Waals surface area contributed by atoms with Crippen molar-refractivity contribution in [2.75, 3.05) is 12.4 Å². The number of H-pyrrole nitrogens is 1. The summed E-state index contributed by atoms with van der Waals surface area (Å²) in [5.74, 6) is 0.805. The predicted octanol–water partition coefficient (Wildman–Crippen LogP) is 2.57. The largest absolute Gasteiger partial charge is 0.496 e. The van der Waals surface area contributed by atoms with Gasteiger partial charge in [0.15, 0.2) is 0 Å². The number of aromatic amines is 1. The van der Waals surface area contributed by atoms with Gasteiger partial charge in [0.25, 0.3) is 0 Å². The number of tetrazole rings is 1. The van der Waals surface area contributed by atoms with E-state index in [0.29, 0.717) is 12.2 Å². The highest BCUT2D eigenvalue weighted by atomic mass is 79.9. The lowest BCUT2D eigenvalue weighted by Crippen LogP contribution is -2.37. The zero-order valence-corrected chi connectivity index (χ0v) is 16.8. The van der Waals surface area contributed by atoms with Crippen molar-refractivity contribution in [1.29, 1.82) is 0 Å². The number of benzene rings is 2. The summed E-state index contributed by atoms with van der Waals surface area (Å²) in [5, 5.41) is 17.0. The van der Waals surface area contributed by atoms with Gasteiger partial charge in [-0.2, -0.15) is 5.21 Å². The molecule has 1 heterocycles. The molecule has 3 rings (SSSR count). The van der Waals surface area contributed by atoms with Gasteiger partial charge in [0, 0.05) is 17.7 Å². The van der Waals surface area contributed by atoms with E-state index >= 15 is 0 Å². The average molecular weight is 454 g/mol. The predicted molar refractivity (Wildman–Crippen MR) is 108 cm³/mol. The fraction of sp³-hybridized carbons (Fsp3) is 0.176. The van der Waals surface area contributed by atoms with E-state index < -0.39 is 11.9 Å². The molecule has 1 amide bonds. The van der Waals surface area contributed by atoms with Gasteiger partial charge in [-0.25, -0.2) is 0 Å². The third kappa shape index (κ3) is 5.18. The summed E-state index contributed by atoms with van der Waals surface area (Å²) in [6.45, 7) is 0. The van der Waals surface area contributed by atoms with Crippen molar-refractivity contribution >= 4 is 39.9 Å². The van der Waals surface area contributed by atoms with E-state index in [9.17, 15) is 4.79 Å². The van der Waals surface area contributed by atoms with E-state index in [1.807, 2.05) is 42.5 Å². The highest BCUT2D eigenvalue weighted by Crippen LogP contribution is 2.26. The van der Waals surface area contributed by atoms with Crippen LogP contribution in [0.15, 0.2) is 46.9 Å². The van der Waals surface area contributed by atoms with E-state index in [0.717, 1.165) is 27.0 Å². The van der Waals surface area contributed by atoms with Crippen molar-refractivity contribution in [3.63, 3.8) is 0 Å². The molecule has 0 radical (unpaired) electrons. The lowest BCUT2D eigenvalue weighted by Gasteiger charge is -2.17. The fourth-order valence-electron chi connectivity index (χ4n) is 2.50. The molecular formula is C17H18BrClN6O2. The lowest BCUT2D eigenvalue weighted by molar-refractivity contribution is -0.118. The third-order valence-corrected chi connectivity index (χ3v) is 4.45. The van der Waals surface area contributed by atoms with E-state index in [-0.39, 0.29) is 12.4 Å². The van der Waals surface area contributed by atoms with Gasteiger partial charge >= 0.3 is 0 Å². The van der Waals surface area contributed by atoms with Gasteiger partial charge in [-0.1, -0.05) is 6.07 Å². The number of nitrogens with zero attached hydrogens (tertiary/aromatic N) is 3. The molecule has 0 spiro atoms. The zero-order chi connectivity index (χ0) is 18.5. The Hall–Kier alpha value is -2.65. The molecule has 10 heteroatoms. The number of hydrogen-bond donors (Lipinski definition) is 3. The van der Waals surface area contributed by atoms with Crippen LogP contribution < -0.4 is 15.8 Å². The minimum atomic E-state index is -0.550. The van der Waals surface area contributed by atoms with Crippen LogP contribution in [0.5, 0.6) is 5.75 Å². The highest BCUT2D eigenvalue weighted by Gasteiger charge is 2.17. The van der Waals surface area contributed by atoms with E-state index in [1.165, 1.54) is 0 Å². The molecule has 1 atom stereocenters. The Morgan fingerprint density at radius 3 is 2.59 bits per heavy atom. The number of carbonyl (C=O) groups is 1. The molecule has 0 aliphatic rings. The summed E-state index contributed by atoms with van der Waals surface area (Å²) < 4.78 is 6.04. The quantitative estimate of drug-likeness (QED) is 0.506. The maximum atomic E-state index is 11.9. The monoisotopic (exact) mass is 452 g/mol. The Morgan fingerprint density at radius 2 is 2.04 bits per heavy atom. The van der Waals surface area contributed by atoms with Crippen molar-refractivity contribution in [2.45, 2.75) is 12.5 Å². The number of rotatable bonds is 7. The highest BCUT2D eigenvalue weighted by molar-refractivity contribution is 9.10. The number of anilines is 1. The van der Waals surface area contributed by atoms with Gasteiger partial charge in [0.1, 0.15) is 11.8 Å². The molecule has 0 aliphatic carbocycles. The summed E-state index contributed by atoms with van der Waals surface area (Å²) in [5.41, 5.74) is 8.11. The topological polar surface area (TPSA) is 119 Å². The molecule has 4 N–H and O–H groups in total. The molecule has 142 valence electrons. The molecule has 0 saturated heterocycles. The third-order valence-electron chi connectivity index (χ3n) is 3.83. The number of nitrogens with two attached hydrogens (primary N) is 1. The first-order valence-electron chi connectivity index (χ1n) is 7.79. The summed E-state index contributed by atoms with van der Waals surface area (Å²) >= 11 is 3.45. The van der Waals surface area contributed by atoms with Crippen LogP contribution in [0.4, 0.5) is 5.69 Å². The Bertz CT molecular complexity index is 889. The van der Waals surface area contributed by atoms with E-state index in [2.05, 4.69) is 41.9 Å². The Kier molecular flexibility index (Phi) is 7.14. The zero-order valence-electron chi connectivity index (χ0n) is 14.3. The molecule has 2 aromatic carbocycles. The molecule has 0 saturated carbocycles. The molecule has 3 aromatic rings. The second-order valence-electron chi connectivity index (χ2n) is 5.59. The molecule has 27 heavy (non-hydrogen) atoms. The number of amides is 1. The van der Waals surface area contributed by atoms with Crippen LogP contribution in [0, 0.1) is 0 Å².